The lowest BCUT2D eigenvalue weighted by atomic mass is 9.84. The third-order valence-electron chi connectivity index (χ3n) is 5.03. The maximum Gasteiger partial charge on any atom is 0.238 e. The molecule has 1 aromatic carbocycles. The number of benzene rings is 1. The van der Waals surface area contributed by atoms with Crippen molar-refractivity contribution in [1.29, 1.82) is 0 Å². The molecule has 1 aliphatic rings. The largest absolute Gasteiger partial charge is 0.393 e. The summed E-state index contributed by atoms with van der Waals surface area (Å²) in [5, 5.41) is 16.7. The van der Waals surface area contributed by atoms with Crippen LogP contribution in [0.1, 0.15) is 37.3 Å². The summed E-state index contributed by atoms with van der Waals surface area (Å²) in [7, 11) is 0. The van der Waals surface area contributed by atoms with Gasteiger partial charge >= 0.3 is 0 Å². The Morgan fingerprint density at radius 2 is 2.04 bits per heavy atom. The minimum atomic E-state index is -0.710. The maximum atomic E-state index is 12.2. The molecule has 1 heterocycles. The van der Waals surface area contributed by atoms with E-state index in [9.17, 15) is 14.7 Å². The van der Waals surface area contributed by atoms with Crippen molar-refractivity contribution in [2.45, 2.75) is 49.9 Å². The van der Waals surface area contributed by atoms with E-state index in [4.69, 9.17) is 11.5 Å². The number of rotatable bonds is 9. The van der Waals surface area contributed by atoms with Crippen LogP contribution in [0.3, 0.4) is 0 Å². The van der Waals surface area contributed by atoms with Crippen LogP contribution in [0.5, 0.6) is 0 Å². The van der Waals surface area contributed by atoms with Crippen LogP contribution in [0.15, 0.2) is 30.3 Å². The molecule has 1 aromatic rings. The van der Waals surface area contributed by atoms with Gasteiger partial charge in [-0.25, -0.2) is 0 Å². The van der Waals surface area contributed by atoms with Crippen LogP contribution >= 0.6 is 12.6 Å². The Balaban J connectivity index is 2.05. The van der Waals surface area contributed by atoms with Gasteiger partial charge in [-0.3, -0.25) is 9.59 Å². The van der Waals surface area contributed by atoms with Gasteiger partial charge in [0.25, 0.3) is 0 Å². The molecular weight excluding hydrogens is 364 g/mol. The van der Waals surface area contributed by atoms with Crippen LogP contribution < -0.4 is 22.1 Å². The summed E-state index contributed by atoms with van der Waals surface area (Å²) in [5.41, 5.74) is 12.1. The average Bonchev–Trinajstić information content (AvgIpc) is 2.67. The zero-order valence-electron chi connectivity index (χ0n) is 15.4. The highest BCUT2D eigenvalue weighted by atomic mass is 32.1. The molecule has 2 amide bonds. The molecule has 0 saturated carbocycles. The molecule has 2 rings (SSSR count). The SMILES string of the molecule is NC(=O)[C@H]1NCCC[C@H]1C[C@@H](O)CC(NC(=O)[C@@H](N)CS)c1ccccc1. The average molecular weight is 395 g/mol. The molecule has 0 radical (unpaired) electrons. The van der Waals surface area contributed by atoms with E-state index in [1.165, 1.54) is 0 Å². The van der Waals surface area contributed by atoms with E-state index in [2.05, 4.69) is 23.3 Å². The molecule has 8 heteroatoms. The molecule has 0 aliphatic carbocycles. The molecule has 1 unspecified atom stereocenters. The van der Waals surface area contributed by atoms with Gasteiger partial charge in [0.2, 0.25) is 11.8 Å². The number of nitrogens with two attached hydrogens (primary N) is 2. The normalized spacial score (nSPS) is 23.2. The number of aliphatic hydroxyl groups excluding tert-OH is 1. The van der Waals surface area contributed by atoms with Crippen molar-refractivity contribution in [1.82, 2.24) is 10.6 Å². The van der Waals surface area contributed by atoms with Gasteiger partial charge in [0.05, 0.1) is 24.2 Å². The molecule has 0 bridgehead atoms. The first-order valence-electron chi connectivity index (χ1n) is 9.35. The highest BCUT2D eigenvalue weighted by molar-refractivity contribution is 7.80. The van der Waals surface area contributed by atoms with Crippen molar-refractivity contribution in [3.63, 3.8) is 0 Å². The Kier molecular flexibility index (Phi) is 8.56. The summed E-state index contributed by atoms with van der Waals surface area (Å²) in [6, 6.07) is 7.96. The van der Waals surface area contributed by atoms with Crippen LogP contribution in [0.2, 0.25) is 0 Å². The topological polar surface area (TPSA) is 130 Å². The van der Waals surface area contributed by atoms with Gasteiger partial charge in [-0.2, -0.15) is 12.6 Å². The Morgan fingerprint density at radius 3 is 2.67 bits per heavy atom. The smallest absolute Gasteiger partial charge is 0.238 e. The molecular formula is C19H30N4O3S. The van der Waals surface area contributed by atoms with E-state index in [0.717, 1.165) is 24.9 Å². The van der Waals surface area contributed by atoms with E-state index in [0.29, 0.717) is 12.8 Å². The van der Waals surface area contributed by atoms with E-state index < -0.39 is 18.2 Å². The lowest BCUT2D eigenvalue weighted by Gasteiger charge is -2.32. The highest BCUT2D eigenvalue weighted by Gasteiger charge is 2.31. The fourth-order valence-electron chi connectivity index (χ4n) is 3.59. The third kappa shape index (κ3) is 6.49. The predicted molar refractivity (Wildman–Crippen MR) is 108 cm³/mol. The molecule has 1 aliphatic heterocycles. The summed E-state index contributed by atoms with van der Waals surface area (Å²) in [5.74, 6) is -0.470. The van der Waals surface area contributed by atoms with Gasteiger partial charge in [-0.1, -0.05) is 30.3 Å². The zero-order valence-corrected chi connectivity index (χ0v) is 16.3. The van der Waals surface area contributed by atoms with Gasteiger partial charge in [0.15, 0.2) is 0 Å². The molecule has 0 spiro atoms. The van der Waals surface area contributed by atoms with Gasteiger partial charge in [-0.15, -0.1) is 0 Å². The quantitative estimate of drug-likeness (QED) is 0.331. The number of carbonyl (C=O) groups excluding carboxylic acids is 2. The van der Waals surface area contributed by atoms with E-state index >= 15 is 0 Å². The first kappa shape index (κ1) is 21.7. The molecule has 150 valence electrons. The van der Waals surface area contributed by atoms with Crippen molar-refractivity contribution < 1.29 is 14.7 Å². The van der Waals surface area contributed by atoms with Crippen LogP contribution in [0.4, 0.5) is 0 Å². The number of hydrogen-bond donors (Lipinski definition) is 6. The Bertz CT molecular complexity index is 616. The maximum absolute atomic E-state index is 12.2. The van der Waals surface area contributed by atoms with Gasteiger partial charge in [0.1, 0.15) is 0 Å². The molecule has 7 N–H and O–H groups in total. The van der Waals surface area contributed by atoms with E-state index in [1.54, 1.807) is 0 Å². The summed E-state index contributed by atoms with van der Waals surface area (Å²) >= 11 is 4.07. The summed E-state index contributed by atoms with van der Waals surface area (Å²) in [6.07, 6.45) is 1.87. The van der Waals surface area contributed by atoms with Gasteiger partial charge in [0, 0.05) is 5.75 Å². The van der Waals surface area contributed by atoms with Crippen molar-refractivity contribution in [3.05, 3.63) is 35.9 Å². The third-order valence-corrected chi connectivity index (χ3v) is 5.42. The van der Waals surface area contributed by atoms with E-state index in [-0.39, 0.29) is 29.5 Å². The standard InChI is InChI=1S/C19H30N4O3S/c20-15(11-27)19(26)23-16(12-5-2-1-3-6-12)10-14(24)9-13-7-4-8-22-17(13)18(21)25/h1-3,5-6,13-17,22,24,27H,4,7-11,20H2,(H2,21,25)(H,23,26)/t13-,14+,15-,16?,17-/m0/s1. The number of amides is 2. The predicted octanol–water partition coefficient (Wildman–Crippen LogP) is 0.0956. The van der Waals surface area contributed by atoms with E-state index in [1.807, 2.05) is 30.3 Å². The Morgan fingerprint density at radius 1 is 1.33 bits per heavy atom. The second-order valence-electron chi connectivity index (χ2n) is 7.12. The summed E-state index contributed by atoms with van der Waals surface area (Å²) in [6.45, 7) is 0.754. The monoisotopic (exact) mass is 394 g/mol. The van der Waals surface area contributed by atoms with Crippen molar-refractivity contribution in [2.75, 3.05) is 12.3 Å². The number of thiol groups is 1. The molecule has 27 heavy (non-hydrogen) atoms. The van der Waals surface area contributed by atoms with Crippen LogP contribution in [-0.2, 0) is 9.59 Å². The first-order chi connectivity index (χ1) is 12.9. The number of carbonyl (C=O) groups is 2. The second kappa shape index (κ2) is 10.7. The number of primary amides is 1. The lowest BCUT2D eigenvalue weighted by molar-refractivity contribution is -0.123. The number of piperidine rings is 1. The fraction of sp³-hybridized carbons (Fsp3) is 0.579. The van der Waals surface area contributed by atoms with Gasteiger partial charge in [-0.05, 0) is 43.7 Å². The molecule has 1 saturated heterocycles. The van der Waals surface area contributed by atoms with Crippen molar-refractivity contribution in [3.8, 4) is 0 Å². The number of aliphatic hydroxyl groups is 1. The minimum absolute atomic E-state index is 0.0157. The highest BCUT2D eigenvalue weighted by Crippen LogP contribution is 2.26. The second-order valence-corrected chi connectivity index (χ2v) is 7.49. The molecule has 0 aromatic heterocycles. The summed E-state index contributed by atoms with van der Waals surface area (Å²) < 4.78 is 0. The lowest BCUT2D eigenvalue weighted by Crippen LogP contribution is -2.50. The van der Waals surface area contributed by atoms with Crippen LogP contribution in [0.25, 0.3) is 0 Å². The van der Waals surface area contributed by atoms with Gasteiger partial charge < -0.3 is 27.2 Å². The fourth-order valence-corrected chi connectivity index (χ4v) is 3.75. The molecule has 7 nitrogen and oxygen atoms in total. The first-order valence-corrected chi connectivity index (χ1v) is 9.98. The number of nitrogens with one attached hydrogen (secondary N) is 2. The number of hydrogen-bond acceptors (Lipinski definition) is 6. The Hall–Kier alpha value is -1.61. The summed E-state index contributed by atoms with van der Waals surface area (Å²) in [4.78, 5) is 23.9. The van der Waals surface area contributed by atoms with Crippen LogP contribution in [0, 0.1) is 5.92 Å². The van der Waals surface area contributed by atoms with Crippen molar-refractivity contribution >= 4 is 24.4 Å². The molecule has 5 atom stereocenters. The Labute approximate surface area is 165 Å². The molecule has 1 fully saturated rings. The zero-order chi connectivity index (χ0) is 19.8. The minimum Gasteiger partial charge on any atom is -0.393 e. The van der Waals surface area contributed by atoms with Crippen LogP contribution in [-0.4, -0.2) is 47.4 Å². The van der Waals surface area contributed by atoms with Crippen molar-refractivity contribution in [2.24, 2.45) is 17.4 Å².